The summed E-state index contributed by atoms with van der Waals surface area (Å²) in [5.74, 6) is -3.04. The molecular formula is C12H10F2O2. The van der Waals surface area contributed by atoms with Gasteiger partial charge < -0.3 is 0 Å². The van der Waals surface area contributed by atoms with E-state index in [0.29, 0.717) is 25.3 Å². The van der Waals surface area contributed by atoms with E-state index in [1.165, 1.54) is 0 Å². The lowest BCUT2D eigenvalue weighted by Gasteiger charge is -2.07. The zero-order valence-corrected chi connectivity index (χ0v) is 8.50. The Balaban J connectivity index is 2.30. The molecule has 0 bridgehead atoms. The predicted octanol–water partition coefficient (Wildman–Crippen LogP) is 2.52. The van der Waals surface area contributed by atoms with Crippen molar-refractivity contribution < 1.29 is 18.4 Å². The minimum atomic E-state index is -0.898. The first kappa shape index (κ1) is 10.9. The van der Waals surface area contributed by atoms with Crippen LogP contribution in [0.1, 0.15) is 29.6 Å². The molecule has 0 aromatic heterocycles. The summed E-state index contributed by atoms with van der Waals surface area (Å²) in [5, 5.41) is 0. The van der Waals surface area contributed by atoms with Gasteiger partial charge in [0.15, 0.2) is 5.78 Å². The van der Waals surface area contributed by atoms with Gasteiger partial charge in [-0.1, -0.05) is 0 Å². The third kappa shape index (κ3) is 1.87. The number of ketones is 2. The van der Waals surface area contributed by atoms with E-state index in [4.69, 9.17) is 0 Å². The monoisotopic (exact) mass is 224 g/mol. The van der Waals surface area contributed by atoms with Gasteiger partial charge in [-0.3, -0.25) is 9.59 Å². The molecule has 2 nitrogen and oxygen atoms in total. The van der Waals surface area contributed by atoms with Crippen LogP contribution in [0.3, 0.4) is 0 Å². The summed E-state index contributed by atoms with van der Waals surface area (Å²) in [6.45, 7) is 0. The second kappa shape index (κ2) is 4.12. The fraction of sp³-hybridized carbons (Fsp3) is 0.333. The maximum atomic E-state index is 13.3. The van der Waals surface area contributed by atoms with Crippen LogP contribution in [0.2, 0.25) is 0 Å². The van der Waals surface area contributed by atoms with Crippen molar-refractivity contribution in [2.45, 2.75) is 19.3 Å². The summed E-state index contributed by atoms with van der Waals surface area (Å²) in [7, 11) is 0. The highest BCUT2D eigenvalue weighted by atomic mass is 19.1. The fourth-order valence-electron chi connectivity index (χ4n) is 1.97. The highest BCUT2D eigenvalue weighted by Crippen LogP contribution is 2.26. The molecule has 0 amide bonds. The highest BCUT2D eigenvalue weighted by Gasteiger charge is 2.32. The van der Waals surface area contributed by atoms with Gasteiger partial charge in [-0.2, -0.15) is 0 Å². The van der Waals surface area contributed by atoms with Gasteiger partial charge in [0.25, 0.3) is 0 Å². The molecule has 0 saturated heterocycles. The first-order chi connectivity index (χ1) is 7.59. The quantitative estimate of drug-likeness (QED) is 0.571. The topological polar surface area (TPSA) is 34.1 Å². The molecule has 1 aromatic rings. The molecule has 0 heterocycles. The van der Waals surface area contributed by atoms with E-state index in [-0.39, 0.29) is 11.3 Å². The molecule has 1 aliphatic rings. The molecule has 84 valence electrons. The molecule has 1 aliphatic carbocycles. The van der Waals surface area contributed by atoms with Crippen molar-refractivity contribution in [1.82, 2.24) is 0 Å². The maximum absolute atomic E-state index is 13.3. The van der Waals surface area contributed by atoms with E-state index in [0.717, 1.165) is 12.1 Å². The van der Waals surface area contributed by atoms with Crippen molar-refractivity contribution in [2.24, 2.45) is 5.92 Å². The summed E-state index contributed by atoms with van der Waals surface area (Å²) < 4.78 is 26.0. The summed E-state index contributed by atoms with van der Waals surface area (Å²) >= 11 is 0. The first-order valence-corrected chi connectivity index (χ1v) is 5.11. The first-order valence-electron chi connectivity index (χ1n) is 5.11. The van der Waals surface area contributed by atoms with Crippen LogP contribution in [0.25, 0.3) is 0 Å². The van der Waals surface area contributed by atoms with Gasteiger partial charge in [0.1, 0.15) is 17.4 Å². The number of hydrogen-bond acceptors (Lipinski definition) is 2. The van der Waals surface area contributed by atoms with Crippen LogP contribution in [-0.4, -0.2) is 11.6 Å². The van der Waals surface area contributed by atoms with Crippen LogP contribution >= 0.6 is 0 Å². The van der Waals surface area contributed by atoms with E-state index in [1.807, 2.05) is 0 Å². The lowest BCUT2D eigenvalue weighted by atomic mass is 9.95. The number of halogens is 2. The second-order valence-corrected chi connectivity index (χ2v) is 3.90. The molecule has 1 aromatic carbocycles. The number of Topliss-reactive ketones (excluding diaryl/α,β-unsaturated/α-hetero) is 2. The zero-order valence-electron chi connectivity index (χ0n) is 8.50. The Bertz CT molecular complexity index is 454. The smallest absolute Gasteiger partial charge is 0.176 e. The van der Waals surface area contributed by atoms with Gasteiger partial charge in [-0.15, -0.1) is 0 Å². The number of carbonyl (C=O) groups is 2. The van der Waals surface area contributed by atoms with Gasteiger partial charge >= 0.3 is 0 Å². The van der Waals surface area contributed by atoms with Gasteiger partial charge in [-0.25, -0.2) is 8.78 Å². The van der Waals surface area contributed by atoms with Crippen LogP contribution in [0, 0.1) is 17.6 Å². The number of hydrogen-bond donors (Lipinski definition) is 0. The van der Waals surface area contributed by atoms with Crippen LogP contribution in [0.15, 0.2) is 18.2 Å². The van der Waals surface area contributed by atoms with Crippen molar-refractivity contribution >= 4 is 11.6 Å². The Morgan fingerprint density at radius 1 is 1.31 bits per heavy atom. The van der Waals surface area contributed by atoms with E-state index < -0.39 is 23.3 Å². The predicted molar refractivity (Wildman–Crippen MR) is 53.0 cm³/mol. The maximum Gasteiger partial charge on any atom is 0.176 e. The zero-order chi connectivity index (χ0) is 11.7. The van der Waals surface area contributed by atoms with Gasteiger partial charge in [0.05, 0.1) is 11.5 Å². The van der Waals surface area contributed by atoms with E-state index >= 15 is 0 Å². The molecular weight excluding hydrogens is 214 g/mol. The van der Waals surface area contributed by atoms with Crippen molar-refractivity contribution in [3.8, 4) is 0 Å². The highest BCUT2D eigenvalue weighted by molar-refractivity contribution is 6.11. The van der Waals surface area contributed by atoms with Gasteiger partial charge in [0, 0.05) is 12.5 Å². The Morgan fingerprint density at radius 2 is 2.06 bits per heavy atom. The largest absolute Gasteiger partial charge is 0.299 e. The molecule has 0 aliphatic heterocycles. The summed E-state index contributed by atoms with van der Waals surface area (Å²) in [6.07, 6.45) is 1.51. The molecule has 0 radical (unpaired) electrons. The molecule has 16 heavy (non-hydrogen) atoms. The molecule has 4 heteroatoms. The Hall–Kier alpha value is -1.58. The number of benzene rings is 1. The average molecular weight is 224 g/mol. The lowest BCUT2D eigenvalue weighted by molar-refractivity contribution is -0.119. The van der Waals surface area contributed by atoms with Crippen molar-refractivity contribution in [3.63, 3.8) is 0 Å². The average Bonchev–Trinajstić information content (AvgIpc) is 2.63. The molecule has 1 unspecified atom stereocenters. The molecule has 1 fully saturated rings. The molecule has 1 atom stereocenters. The number of carbonyl (C=O) groups excluding carboxylic acids is 2. The normalized spacial score (nSPS) is 20.1. The van der Waals surface area contributed by atoms with Crippen molar-refractivity contribution in [1.29, 1.82) is 0 Å². The summed E-state index contributed by atoms with van der Waals surface area (Å²) in [4.78, 5) is 23.2. The molecule has 0 N–H and O–H groups in total. The lowest BCUT2D eigenvalue weighted by Crippen LogP contribution is -2.19. The molecule has 0 spiro atoms. The van der Waals surface area contributed by atoms with Crippen LogP contribution in [-0.2, 0) is 4.79 Å². The Kier molecular flexibility index (Phi) is 2.81. The Morgan fingerprint density at radius 3 is 2.62 bits per heavy atom. The van der Waals surface area contributed by atoms with Crippen molar-refractivity contribution in [3.05, 3.63) is 35.4 Å². The molecule has 1 saturated carbocycles. The number of rotatable bonds is 2. The van der Waals surface area contributed by atoms with Crippen LogP contribution in [0.5, 0.6) is 0 Å². The SMILES string of the molecule is O=C1CCCC1C(=O)c1ccc(F)cc1F. The van der Waals surface area contributed by atoms with Crippen molar-refractivity contribution in [2.75, 3.05) is 0 Å². The van der Waals surface area contributed by atoms with E-state index in [1.54, 1.807) is 0 Å². The summed E-state index contributed by atoms with van der Waals surface area (Å²) in [5.41, 5.74) is -0.193. The minimum absolute atomic E-state index is 0.145. The minimum Gasteiger partial charge on any atom is -0.299 e. The molecule has 2 rings (SSSR count). The third-order valence-electron chi connectivity index (χ3n) is 2.82. The Labute approximate surface area is 91.3 Å². The third-order valence-corrected chi connectivity index (χ3v) is 2.82. The standard InChI is InChI=1S/C12H10F2O2/c13-7-4-5-8(10(14)6-7)12(16)9-2-1-3-11(9)15/h4-6,9H,1-3H2. The second-order valence-electron chi connectivity index (χ2n) is 3.90. The van der Waals surface area contributed by atoms with E-state index in [2.05, 4.69) is 0 Å². The van der Waals surface area contributed by atoms with Crippen LogP contribution < -0.4 is 0 Å². The summed E-state index contributed by atoms with van der Waals surface area (Å²) in [6, 6.07) is 2.78. The fourth-order valence-corrected chi connectivity index (χ4v) is 1.97. The van der Waals surface area contributed by atoms with Gasteiger partial charge in [0.2, 0.25) is 0 Å². The van der Waals surface area contributed by atoms with Crippen LogP contribution in [0.4, 0.5) is 8.78 Å². The van der Waals surface area contributed by atoms with Gasteiger partial charge in [-0.05, 0) is 25.0 Å². The van der Waals surface area contributed by atoms with E-state index in [9.17, 15) is 18.4 Å².